The number of hydrogen-bond acceptors (Lipinski definition) is 2. The van der Waals surface area contributed by atoms with E-state index in [1.807, 2.05) is 56.3 Å². The number of amides is 2. The lowest BCUT2D eigenvalue weighted by Gasteiger charge is -2.24. The maximum Gasteiger partial charge on any atom is 0.247 e. The number of para-hydroxylation sites is 1. The van der Waals surface area contributed by atoms with Gasteiger partial charge in [-0.3, -0.25) is 14.5 Å². The molecular weight excluding hydrogens is 324 g/mol. The predicted molar refractivity (Wildman–Crippen MR) is 96.5 cm³/mol. The van der Waals surface area contributed by atoms with Gasteiger partial charge in [-0.05, 0) is 49.6 Å². The van der Waals surface area contributed by atoms with Crippen molar-refractivity contribution in [1.82, 2.24) is 0 Å². The van der Waals surface area contributed by atoms with Gasteiger partial charge < -0.3 is 5.32 Å². The Labute approximate surface area is 146 Å². The summed E-state index contributed by atoms with van der Waals surface area (Å²) in [6, 6.07) is 12.6. The summed E-state index contributed by atoms with van der Waals surface area (Å²) >= 11 is 6.27. The molecule has 1 unspecified atom stereocenters. The minimum atomic E-state index is -0.517. The van der Waals surface area contributed by atoms with Crippen molar-refractivity contribution in [2.75, 3.05) is 10.2 Å². The topological polar surface area (TPSA) is 49.4 Å². The second-order valence-electron chi connectivity index (χ2n) is 6.08. The molecule has 4 nitrogen and oxygen atoms in total. The molecule has 0 aliphatic carbocycles. The van der Waals surface area contributed by atoms with Gasteiger partial charge in [0.05, 0.1) is 10.7 Å². The van der Waals surface area contributed by atoms with Crippen LogP contribution in [0, 0.1) is 13.8 Å². The first kappa shape index (κ1) is 16.5. The van der Waals surface area contributed by atoms with Crippen molar-refractivity contribution < 1.29 is 9.59 Å². The summed E-state index contributed by atoms with van der Waals surface area (Å²) in [4.78, 5) is 26.6. The largest absolute Gasteiger partial charge is 0.323 e. The molecule has 1 aliphatic rings. The van der Waals surface area contributed by atoms with Gasteiger partial charge in [-0.1, -0.05) is 35.9 Å². The molecule has 1 heterocycles. The lowest BCUT2D eigenvalue weighted by atomic mass is 10.1. The van der Waals surface area contributed by atoms with Crippen LogP contribution >= 0.6 is 11.6 Å². The summed E-state index contributed by atoms with van der Waals surface area (Å²) in [5, 5.41) is 3.41. The van der Waals surface area contributed by atoms with Gasteiger partial charge in [0.1, 0.15) is 6.04 Å². The van der Waals surface area contributed by atoms with E-state index in [2.05, 4.69) is 5.32 Å². The molecule has 2 aromatic carbocycles. The van der Waals surface area contributed by atoms with Crippen LogP contribution in [-0.4, -0.2) is 17.9 Å². The van der Waals surface area contributed by atoms with Gasteiger partial charge in [0.15, 0.2) is 0 Å². The van der Waals surface area contributed by atoms with Crippen LogP contribution in [0.15, 0.2) is 42.5 Å². The third-order valence-electron chi connectivity index (χ3n) is 4.23. The fraction of sp³-hybridized carbons (Fsp3) is 0.263. The highest BCUT2D eigenvalue weighted by Gasteiger charge is 2.37. The number of nitrogens with one attached hydrogen (secondary N) is 1. The molecule has 0 bridgehead atoms. The van der Waals surface area contributed by atoms with Crippen molar-refractivity contribution in [1.29, 1.82) is 0 Å². The van der Waals surface area contributed by atoms with E-state index >= 15 is 0 Å². The maximum absolute atomic E-state index is 12.8. The monoisotopic (exact) mass is 342 g/mol. The quantitative estimate of drug-likeness (QED) is 0.913. The van der Waals surface area contributed by atoms with E-state index in [0.29, 0.717) is 23.6 Å². The number of carbonyl (C=O) groups is 2. The van der Waals surface area contributed by atoms with Crippen LogP contribution in [0.3, 0.4) is 0 Å². The van der Waals surface area contributed by atoms with Gasteiger partial charge in [-0.15, -0.1) is 0 Å². The van der Waals surface area contributed by atoms with Gasteiger partial charge in [0, 0.05) is 12.1 Å². The zero-order valence-corrected chi connectivity index (χ0v) is 14.4. The molecule has 1 fully saturated rings. The third kappa shape index (κ3) is 3.15. The number of carbonyl (C=O) groups excluding carboxylic acids is 2. The molecule has 1 aliphatic heterocycles. The summed E-state index contributed by atoms with van der Waals surface area (Å²) in [6.45, 7) is 3.86. The third-order valence-corrected chi connectivity index (χ3v) is 4.53. The molecular formula is C19H19ClN2O2. The Morgan fingerprint density at radius 3 is 2.58 bits per heavy atom. The summed E-state index contributed by atoms with van der Waals surface area (Å²) in [5.74, 6) is -0.244. The molecule has 0 aromatic heterocycles. The minimum Gasteiger partial charge on any atom is -0.323 e. The maximum atomic E-state index is 12.8. The molecule has 1 N–H and O–H groups in total. The Balaban J connectivity index is 1.86. The summed E-state index contributed by atoms with van der Waals surface area (Å²) in [6.07, 6.45) is 0.871. The molecule has 1 atom stereocenters. The van der Waals surface area contributed by atoms with Crippen molar-refractivity contribution in [2.24, 2.45) is 0 Å². The molecule has 0 radical (unpaired) electrons. The Morgan fingerprint density at radius 1 is 1.21 bits per heavy atom. The number of anilines is 2. The van der Waals surface area contributed by atoms with Crippen LogP contribution in [0.4, 0.5) is 11.4 Å². The number of rotatable bonds is 3. The second kappa shape index (κ2) is 6.65. The van der Waals surface area contributed by atoms with Crippen molar-refractivity contribution >= 4 is 34.8 Å². The van der Waals surface area contributed by atoms with Gasteiger partial charge in [0.25, 0.3) is 0 Å². The molecule has 0 spiro atoms. The highest BCUT2D eigenvalue weighted by atomic mass is 35.5. The van der Waals surface area contributed by atoms with Crippen molar-refractivity contribution in [3.05, 3.63) is 58.6 Å². The normalized spacial score (nSPS) is 17.2. The molecule has 24 heavy (non-hydrogen) atoms. The zero-order valence-electron chi connectivity index (χ0n) is 13.7. The Hall–Kier alpha value is -2.33. The van der Waals surface area contributed by atoms with E-state index in [4.69, 9.17) is 11.6 Å². The average Bonchev–Trinajstić information content (AvgIpc) is 2.93. The van der Waals surface area contributed by atoms with E-state index in [1.165, 1.54) is 0 Å². The molecule has 0 saturated carbocycles. The Morgan fingerprint density at radius 2 is 1.92 bits per heavy atom. The van der Waals surface area contributed by atoms with E-state index in [1.54, 1.807) is 4.90 Å². The van der Waals surface area contributed by atoms with Gasteiger partial charge >= 0.3 is 0 Å². The van der Waals surface area contributed by atoms with Crippen molar-refractivity contribution in [3.8, 4) is 0 Å². The van der Waals surface area contributed by atoms with Crippen molar-refractivity contribution in [3.63, 3.8) is 0 Å². The molecule has 5 heteroatoms. The summed E-state index contributed by atoms with van der Waals surface area (Å²) < 4.78 is 0. The van der Waals surface area contributed by atoms with Crippen LogP contribution in [0.2, 0.25) is 5.02 Å². The second-order valence-corrected chi connectivity index (χ2v) is 6.49. The number of halogens is 1. The fourth-order valence-electron chi connectivity index (χ4n) is 3.12. The number of benzene rings is 2. The van der Waals surface area contributed by atoms with Crippen LogP contribution in [0.5, 0.6) is 0 Å². The molecule has 2 aromatic rings. The van der Waals surface area contributed by atoms with Crippen LogP contribution in [0.1, 0.15) is 24.0 Å². The Kier molecular flexibility index (Phi) is 4.58. The first-order chi connectivity index (χ1) is 11.5. The van der Waals surface area contributed by atoms with Crippen LogP contribution in [0.25, 0.3) is 0 Å². The van der Waals surface area contributed by atoms with E-state index in [9.17, 15) is 9.59 Å². The first-order valence-corrected chi connectivity index (χ1v) is 8.30. The smallest absolute Gasteiger partial charge is 0.247 e. The summed E-state index contributed by atoms with van der Waals surface area (Å²) in [5.41, 5.74) is 3.30. The number of aryl methyl sites for hydroxylation is 2. The molecule has 2 amide bonds. The van der Waals surface area contributed by atoms with Crippen LogP contribution < -0.4 is 10.2 Å². The highest BCUT2D eigenvalue weighted by molar-refractivity contribution is 6.34. The standard InChI is InChI=1S/C19H19ClN2O2/c1-12-10-13(2)18(15(20)11-12)21-19(24)16-8-9-17(23)22(16)14-6-4-3-5-7-14/h3-7,10-11,16H,8-9H2,1-2H3,(H,21,24). The number of nitrogens with zero attached hydrogens (tertiary/aromatic N) is 1. The zero-order chi connectivity index (χ0) is 17.3. The van der Waals surface area contributed by atoms with Gasteiger partial charge in [-0.25, -0.2) is 0 Å². The molecule has 124 valence electrons. The van der Waals surface area contributed by atoms with E-state index < -0.39 is 6.04 Å². The lowest BCUT2D eigenvalue weighted by Crippen LogP contribution is -2.41. The van der Waals surface area contributed by atoms with E-state index in [-0.39, 0.29) is 11.8 Å². The average molecular weight is 343 g/mol. The molecule has 3 rings (SSSR count). The SMILES string of the molecule is Cc1cc(C)c(NC(=O)C2CCC(=O)N2c2ccccc2)c(Cl)c1. The highest BCUT2D eigenvalue weighted by Crippen LogP contribution is 2.30. The predicted octanol–water partition coefficient (Wildman–Crippen LogP) is 4.09. The first-order valence-electron chi connectivity index (χ1n) is 7.92. The molecule has 1 saturated heterocycles. The van der Waals surface area contributed by atoms with Gasteiger partial charge in [-0.2, -0.15) is 0 Å². The van der Waals surface area contributed by atoms with Crippen LogP contribution in [-0.2, 0) is 9.59 Å². The minimum absolute atomic E-state index is 0.0342. The van der Waals surface area contributed by atoms with E-state index in [0.717, 1.165) is 16.8 Å². The van der Waals surface area contributed by atoms with Gasteiger partial charge in [0.2, 0.25) is 11.8 Å². The Bertz CT molecular complexity index is 766. The lowest BCUT2D eigenvalue weighted by molar-refractivity contribution is -0.120. The summed E-state index contributed by atoms with van der Waals surface area (Å²) in [7, 11) is 0. The fourth-order valence-corrected chi connectivity index (χ4v) is 3.49. The number of hydrogen-bond donors (Lipinski definition) is 1. The van der Waals surface area contributed by atoms with Crippen molar-refractivity contribution in [2.45, 2.75) is 32.7 Å².